The first-order valence-electron chi connectivity index (χ1n) is 13.2. The van der Waals surface area contributed by atoms with Gasteiger partial charge in [-0.2, -0.15) is 9.65 Å². The zero-order valence-electron chi connectivity index (χ0n) is 21.7. The summed E-state index contributed by atoms with van der Waals surface area (Å²) in [6, 6.07) is 6.51. The number of rotatable bonds is 10. The molecule has 0 aromatic carbocycles. The number of nitrogens with zero attached hydrogens (tertiary/aromatic N) is 3. The number of nitriles is 1. The molecule has 3 heterocycles. The Bertz CT molecular complexity index is 1080. The molecule has 4 rings (SSSR count). The summed E-state index contributed by atoms with van der Waals surface area (Å²) in [6.07, 6.45) is 8.89. The number of anilines is 1. The summed E-state index contributed by atoms with van der Waals surface area (Å²) in [5.74, 6) is -0.656. The lowest BCUT2D eigenvalue weighted by atomic mass is 9.81. The molecular weight excluding hydrogens is 476 g/mol. The molecule has 1 atom stereocenters. The summed E-state index contributed by atoms with van der Waals surface area (Å²) in [5.41, 5.74) is 1.19. The predicted octanol–water partition coefficient (Wildman–Crippen LogP) is 4.88. The lowest BCUT2D eigenvalue weighted by Gasteiger charge is -2.31. The zero-order valence-corrected chi connectivity index (χ0v) is 21.7. The van der Waals surface area contributed by atoms with Crippen molar-refractivity contribution in [2.75, 3.05) is 38.8 Å². The first kappa shape index (κ1) is 27.4. The maximum atomic E-state index is 14.8. The largest absolute Gasteiger partial charge is 0.383 e. The van der Waals surface area contributed by atoms with Crippen LogP contribution in [-0.2, 0) is 15.9 Å². The second-order valence-corrected chi connectivity index (χ2v) is 10.5. The molecule has 0 spiro atoms. The van der Waals surface area contributed by atoms with Crippen LogP contribution in [0.2, 0.25) is 0 Å². The van der Waals surface area contributed by atoms with Gasteiger partial charge in [0.25, 0.3) is 0 Å². The van der Waals surface area contributed by atoms with Gasteiger partial charge in [0.2, 0.25) is 5.95 Å². The number of pyridine rings is 2. The van der Waals surface area contributed by atoms with Crippen LogP contribution < -0.4 is 10.6 Å². The molecule has 2 aromatic heterocycles. The van der Waals surface area contributed by atoms with Crippen LogP contribution in [0.25, 0.3) is 11.1 Å². The quantitative estimate of drug-likeness (QED) is 0.438. The Morgan fingerprint density at radius 1 is 1.16 bits per heavy atom. The highest BCUT2D eigenvalue weighted by Crippen LogP contribution is 2.33. The highest BCUT2D eigenvalue weighted by atomic mass is 19.1. The number of nitrogens with one attached hydrogen (secondary N) is 2. The molecule has 0 bridgehead atoms. The number of ether oxygens (including phenoxy) is 2. The van der Waals surface area contributed by atoms with Crippen LogP contribution in [0.4, 0.5) is 14.5 Å². The molecule has 2 aromatic rings. The van der Waals surface area contributed by atoms with E-state index in [0.29, 0.717) is 61.8 Å². The molecule has 0 amide bonds. The van der Waals surface area contributed by atoms with Crippen molar-refractivity contribution in [2.24, 2.45) is 11.3 Å². The standard InChI is InChI=1S/C28H37F2N5O2/c1-19(16-36-2)35-22-5-3-20(4-6-22)11-23-13-24(25(29)15-32-23)21-12-26(27(30)33-14-21)34-18-28(17-31)7-9-37-10-8-28/h12-15,19-20,22,34-35H,3-11,16,18H2,1-2H3/t19-,20?,22?/m0/s1. The summed E-state index contributed by atoms with van der Waals surface area (Å²) in [4.78, 5) is 8.20. The average Bonchev–Trinajstić information content (AvgIpc) is 2.91. The topological polar surface area (TPSA) is 92.1 Å². The number of methoxy groups -OCH3 is 1. The molecule has 0 unspecified atom stereocenters. The van der Waals surface area contributed by atoms with Crippen molar-refractivity contribution in [3.63, 3.8) is 0 Å². The smallest absolute Gasteiger partial charge is 0.236 e. The summed E-state index contributed by atoms with van der Waals surface area (Å²) in [7, 11) is 1.72. The monoisotopic (exact) mass is 513 g/mol. The van der Waals surface area contributed by atoms with Gasteiger partial charge in [-0.05, 0) is 69.9 Å². The van der Waals surface area contributed by atoms with E-state index in [9.17, 15) is 14.0 Å². The zero-order chi connectivity index (χ0) is 26.3. The van der Waals surface area contributed by atoms with Crippen molar-refractivity contribution >= 4 is 5.69 Å². The number of halogens is 2. The van der Waals surface area contributed by atoms with Crippen molar-refractivity contribution in [3.05, 3.63) is 42.0 Å². The molecule has 2 aliphatic rings. The fourth-order valence-corrected chi connectivity index (χ4v) is 5.42. The molecule has 1 aliphatic carbocycles. The van der Waals surface area contributed by atoms with E-state index < -0.39 is 17.2 Å². The summed E-state index contributed by atoms with van der Waals surface area (Å²) in [6.45, 7) is 4.13. The molecule has 200 valence electrons. The third-order valence-corrected chi connectivity index (χ3v) is 7.65. The molecule has 1 saturated heterocycles. The van der Waals surface area contributed by atoms with Gasteiger partial charge in [-0.1, -0.05) is 0 Å². The molecular formula is C28H37F2N5O2. The van der Waals surface area contributed by atoms with Crippen molar-refractivity contribution < 1.29 is 18.3 Å². The van der Waals surface area contributed by atoms with Crippen molar-refractivity contribution in [2.45, 2.75) is 64.0 Å². The first-order chi connectivity index (χ1) is 17.9. The third-order valence-electron chi connectivity index (χ3n) is 7.65. The Morgan fingerprint density at radius 2 is 1.92 bits per heavy atom. The minimum absolute atomic E-state index is 0.157. The minimum atomic E-state index is -0.677. The van der Waals surface area contributed by atoms with E-state index in [1.54, 1.807) is 19.2 Å². The molecule has 37 heavy (non-hydrogen) atoms. The fourth-order valence-electron chi connectivity index (χ4n) is 5.42. The number of hydrogen-bond donors (Lipinski definition) is 2. The van der Waals surface area contributed by atoms with Gasteiger partial charge in [-0.3, -0.25) is 4.98 Å². The number of hydrogen-bond acceptors (Lipinski definition) is 7. The van der Waals surface area contributed by atoms with Gasteiger partial charge in [0.15, 0.2) is 0 Å². The second kappa shape index (κ2) is 12.7. The third kappa shape index (κ3) is 7.22. The molecule has 7 nitrogen and oxygen atoms in total. The lowest BCUT2D eigenvalue weighted by Crippen LogP contribution is -2.41. The Balaban J connectivity index is 1.41. The van der Waals surface area contributed by atoms with E-state index in [-0.39, 0.29) is 12.2 Å². The first-order valence-corrected chi connectivity index (χ1v) is 13.2. The van der Waals surface area contributed by atoms with E-state index in [1.807, 2.05) is 0 Å². The van der Waals surface area contributed by atoms with Gasteiger partial charge in [0.05, 0.1) is 30.0 Å². The van der Waals surface area contributed by atoms with Crippen LogP contribution in [0.15, 0.2) is 24.5 Å². The normalized spacial score (nSPS) is 22.2. The van der Waals surface area contributed by atoms with Gasteiger partial charge in [0, 0.05) is 62.0 Å². The highest BCUT2D eigenvalue weighted by Gasteiger charge is 2.33. The average molecular weight is 514 g/mol. The Kier molecular flexibility index (Phi) is 9.41. The van der Waals surface area contributed by atoms with Crippen LogP contribution in [0.3, 0.4) is 0 Å². The van der Waals surface area contributed by atoms with E-state index >= 15 is 0 Å². The summed E-state index contributed by atoms with van der Waals surface area (Å²) < 4.78 is 39.9. The minimum Gasteiger partial charge on any atom is -0.383 e. The van der Waals surface area contributed by atoms with Crippen LogP contribution in [0, 0.1) is 34.4 Å². The Hall–Kier alpha value is -2.67. The van der Waals surface area contributed by atoms with Crippen molar-refractivity contribution in [1.29, 1.82) is 5.26 Å². The lowest BCUT2D eigenvalue weighted by molar-refractivity contribution is 0.0456. The van der Waals surface area contributed by atoms with Gasteiger partial charge in [0.1, 0.15) is 5.82 Å². The van der Waals surface area contributed by atoms with E-state index in [2.05, 4.69) is 33.6 Å². The van der Waals surface area contributed by atoms with Crippen LogP contribution in [-0.4, -0.2) is 55.5 Å². The van der Waals surface area contributed by atoms with E-state index in [4.69, 9.17) is 9.47 Å². The van der Waals surface area contributed by atoms with Crippen LogP contribution in [0.1, 0.15) is 51.1 Å². The Morgan fingerprint density at radius 3 is 2.62 bits per heavy atom. The van der Waals surface area contributed by atoms with Crippen LogP contribution >= 0.6 is 0 Å². The predicted molar refractivity (Wildman–Crippen MR) is 138 cm³/mol. The van der Waals surface area contributed by atoms with E-state index in [0.717, 1.165) is 37.8 Å². The van der Waals surface area contributed by atoms with Gasteiger partial charge >= 0.3 is 0 Å². The van der Waals surface area contributed by atoms with Crippen LogP contribution in [0.5, 0.6) is 0 Å². The van der Waals surface area contributed by atoms with Gasteiger partial charge in [-0.15, -0.1) is 0 Å². The van der Waals surface area contributed by atoms with Crippen molar-refractivity contribution in [3.8, 4) is 17.2 Å². The van der Waals surface area contributed by atoms with Gasteiger partial charge in [-0.25, -0.2) is 9.37 Å². The molecule has 0 radical (unpaired) electrons. The maximum absolute atomic E-state index is 14.8. The molecule has 1 aliphatic heterocycles. The SMILES string of the molecule is COC[C@H](C)NC1CCC(Cc2cc(-c3cnc(F)c(NCC4(C#N)CCOCC4)c3)c(F)cn2)CC1. The summed E-state index contributed by atoms with van der Waals surface area (Å²) >= 11 is 0. The van der Waals surface area contributed by atoms with Gasteiger partial charge < -0.3 is 20.1 Å². The fraction of sp³-hybridized carbons (Fsp3) is 0.607. The van der Waals surface area contributed by atoms with E-state index in [1.165, 1.54) is 12.4 Å². The molecule has 2 N–H and O–H groups in total. The summed E-state index contributed by atoms with van der Waals surface area (Å²) in [5, 5.41) is 16.4. The molecule has 1 saturated carbocycles. The highest BCUT2D eigenvalue weighted by molar-refractivity contribution is 5.67. The maximum Gasteiger partial charge on any atom is 0.236 e. The van der Waals surface area contributed by atoms with Crippen molar-refractivity contribution in [1.82, 2.24) is 15.3 Å². The Labute approximate surface area is 218 Å². The number of aromatic nitrogens is 2. The molecule has 2 fully saturated rings. The molecule has 9 heteroatoms. The second-order valence-electron chi connectivity index (χ2n) is 10.5.